The normalized spacial score (nSPS) is 11.1. The lowest BCUT2D eigenvalue weighted by molar-refractivity contribution is -0.384. The number of thiophene rings is 1. The van der Waals surface area contributed by atoms with Crippen molar-refractivity contribution < 1.29 is 28.7 Å². The number of aromatic nitrogens is 1. The van der Waals surface area contributed by atoms with Gasteiger partial charge in [-0.15, -0.1) is 11.3 Å². The molecule has 0 fully saturated rings. The topological polar surface area (TPSA) is 122 Å². The van der Waals surface area contributed by atoms with Gasteiger partial charge in [0.15, 0.2) is 5.75 Å². The van der Waals surface area contributed by atoms with Crippen LogP contribution in [0.2, 0.25) is 0 Å². The van der Waals surface area contributed by atoms with Crippen molar-refractivity contribution in [2.75, 3.05) is 27.9 Å². The average Bonchev–Trinajstić information content (AvgIpc) is 3.43. The number of nitrogens with zero attached hydrogens (tertiary/aromatic N) is 3. The van der Waals surface area contributed by atoms with Gasteiger partial charge in [-0.05, 0) is 61.0 Å². The van der Waals surface area contributed by atoms with Gasteiger partial charge in [0.05, 0.1) is 43.9 Å². The third kappa shape index (κ3) is 7.03. The number of nitro groups is 1. The number of carbonyl (C=O) groups is 1. The molecule has 11 nitrogen and oxygen atoms in total. The molecule has 0 bridgehead atoms. The van der Waals surface area contributed by atoms with E-state index in [0.717, 1.165) is 27.1 Å². The second-order valence-corrected chi connectivity index (χ2v) is 11.5. The first-order chi connectivity index (χ1) is 22.2. The summed E-state index contributed by atoms with van der Waals surface area (Å²) in [5.41, 5.74) is 2.96. The highest BCUT2D eigenvalue weighted by atomic mass is 32.1. The van der Waals surface area contributed by atoms with Crippen molar-refractivity contribution in [3.8, 4) is 27.7 Å². The minimum Gasteiger partial charge on any atom is -0.497 e. The number of hydrogen-bond acceptors (Lipinski definition) is 10. The molecule has 5 rings (SSSR count). The van der Waals surface area contributed by atoms with Crippen molar-refractivity contribution in [1.29, 1.82) is 0 Å². The summed E-state index contributed by atoms with van der Waals surface area (Å²) in [6.45, 7) is 2.90. The van der Waals surface area contributed by atoms with Crippen LogP contribution >= 0.6 is 11.3 Å². The zero-order valence-electron chi connectivity index (χ0n) is 25.8. The number of para-hydroxylation sites is 1. The summed E-state index contributed by atoms with van der Waals surface area (Å²) in [5.74, 6) is 1.22. The molecular formula is C34H33N3O8S. The smallest absolute Gasteiger partial charge is 0.497 e. The first-order valence-corrected chi connectivity index (χ1v) is 15.3. The van der Waals surface area contributed by atoms with Crippen LogP contribution in [0, 0.1) is 10.1 Å². The lowest BCUT2D eigenvalue weighted by atomic mass is 10.0. The van der Waals surface area contributed by atoms with E-state index in [-0.39, 0.29) is 18.0 Å². The van der Waals surface area contributed by atoms with Gasteiger partial charge in [-0.1, -0.05) is 30.3 Å². The molecule has 0 amide bonds. The van der Waals surface area contributed by atoms with Crippen LogP contribution in [0.3, 0.4) is 0 Å². The Labute approximate surface area is 269 Å². The second kappa shape index (κ2) is 14.3. The van der Waals surface area contributed by atoms with Gasteiger partial charge in [0, 0.05) is 35.7 Å². The fourth-order valence-electron chi connectivity index (χ4n) is 5.20. The molecule has 12 heteroatoms. The summed E-state index contributed by atoms with van der Waals surface area (Å²) >= 11 is 1.46. The molecule has 5 aromatic rings. The molecule has 238 valence electrons. The number of benzene rings is 3. The Bertz CT molecular complexity index is 1920. The van der Waals surface area contributed by atoms with E-state index in [0.29, 0.717) is 41.3 Å². The number of carbonyl (C=O) groups excluding carboxylic acids is 1. The van der Waals surface area contributed by atoms with Gasteiger partial charge in [-0.3, -0.25) is 19.8 Å². The Balaban J connectivity index is 1.67. The van der Waals surface area contributed by atoms with Crippen LogP contribution in [0.25, 0.3) is 20.7 Å². The van der Waals surface area contributed by atoms with Crippen LogP contribution in [-0.2, 0) is 24.4 Å². The van der Waals surface area contributed by atoms with Crippen molar-refractivity contribution in [2.45, 2.75) is 26.6 Å². The number of methoxy groups -OCH3 is 2. The molecule has 3 aromatic carbocycles. The predicted octanol–water partition coefficient (Wildman–Crippen LogP) is 6.87. The standard InChI is InChI=1S/C34H33N3O8S/c1-5-44-34(39)45-29-21-36(19-24-8-6-7-9-28(24)43-4)33-30(31(29)38)27(32(46-33)23-12-16-26(42-3)17-13-23)20-35(2)18-22-10-14-25(15-11-22)37(40)41/h6-17,21H,5,18-20H2,1-4H3. The third-order valence-electron chi connectivity index (χ3n) is 7.34. The van der Waals surface area contributed by atoms with Crippen molar-refractivity contribution in [1.82, 2.24) is 9.47 Å². The molecule has 0 saturated carbocycles. The summed E-state index contributed by atoms with van der Waals surface area (Å²) in [7, 11) is 5.11. The number of hydrogen-bond donors (Lipinski definition) is 0. The molecule has 0 N–H and O–H groups in total. The summed E-state index contributed by atoms with van der Waals surface area (Å²) in [6.07, 6.45) is 0.567. The summed E-state index contributed by atoms with van der Waals surface area (Å²) in [5, 5.41) is 11.6. The summed E-state index contributed by atoms with van der Waals surface area (Å²) in [6, 6.07) is 21.6. The number of non-ortho nitro benzene ring substituents is 1. The lowest BCUT2D eigenvalue weighted by Gasteiger charge is -2.18. The van der Waals surface area contributed by atoms with Crippen molar-refractivity contribution >= 4 is 33.4 Å². The van der Waals surface area contributed by atoms with E-state index in [1.807, 2.05) is 65.0 Å². The maximum absolute atomic E-state index is 14.1. The van der Waals surface area contributed by atoms with Crippen molar-refractivity contribution in [3.05, 3.63) is 116 Å². The third-order valence-corrected chi connectivity index (χ3v) is 8.66. The van der Waals surface area contributed by atoms with Gasteiger partial charge in [0.1, 0.15) is 16.3 Å². The zero-order valence-corrected chi connectivity index (χ0v) is 26.7. The number of ether oxygens (including phenoxy) is 4. The number of fused-ring (bicyclic) bond motifs is 1. The average molecular weight is 644 g/mol. The van der Waals surface area contributed by atoms with Gasteiger partial charge in [-0.2, -0.15) is 0 Å². The molecule has 0 unspecified atom stereocenters. The first-order valence-electron chi connectivity index (χ1n) is 14.4. The highest BCUT2D eigenvalue weighted by Crippen LogP contribution is 2.40. The van der Waals surface area contributed by atoms with E-state index >= 15 is 0 Å². The first kappa shape index (κ1) is 32.2. The molecular weight excluding hydrogens is 610 g/mol. The van der Waals surface area contributed by atoms with Gasteiger partial charge in [0.25, 0.3) is 5.69 Å². The minimum atomic E-state index is -0.967. The summed E-state index contributed by atoms with van der Waals surface area (Å²) in [4.78, 5) is 40.8. The minimum absolute atomic E-state index is 0.0155. The van der Waals surface area contributed by atoms with E-state index in [2.05, 4.69) is 0 Å². The van der Waals surface area contributed by atoms with E-state index in [9.17, 15) is 19.7 Å². The number of pyridine rings is 1. The fraction of sp³-hybridized carbons (Fsp3) is 0.235. The van der Waals surface area contributed by atoms with Crippen molar-refractivity contribution in [2.24, 2.45) is 0 Å². The molecule has 2 heterocycles. The van der Waals surface area contributed by atoms with Crippen LogP contribution in [0.15, 0.2) is 83.8 Å². The highest BCUT2D eigenvalue weighted by molar-refractivity contribution is 7.22. The molecule has 0 aliphatic rings. The maximum Gasteiger partial charge on any atom is 0.514 e. The molecule has 0 aliphatic carbocycles. The highest BCUT2D eigenvalue weighted by Gasteiger charge is 2.24. The van der Waals surface area contributed by atoms with Crippen LogP contribution in [0.1, 0.15) is 23.6 Å². The van der Waals surface area contributed by atoms with E-state index < -0.39 is 16.5 Å². The van der Waals surface area contributed by atoms with Gasteiger partial charge >= 0.3 is 6.16 Å². The Hall–Kier alpha value is -5.20. The summed E-state index contributed by atoms with van der Waals surface area (Å²) < 4.78 is 23.3. The van der Waals surface area contributed by atoms with E-state index in [1.54, 1.807) is 33.3 Å². The molecule has 46 heavy (non-hydrogen) atoms. The zero-order chi connectivity index (χ0) is 32.8. The van der Waals surface area contributed by atoms with Crippen LogP contribution < -0.4 is 19.6 Å². The van der Waals surface area contributed by atoms with Crippen LogP contribution in [0.5, 0.6) is 17.2 Å². The van der Waals surface area contributed by atoms with E-state index in [4.69, 9.17) is 18.9 Å². The maximum atomic E-state index is 14.1. The number of rotatable bonds is 12. The molecule has 0 atom stereocenters. The van der Waals surface area contributed by atoms with Crippen LogP contribution in [0.4, 0.5) is 10.5 Å². The number of nitro benzene ring substituents is 1. The molecule has 0 spiro atoms. The second-order valence-electron chi connectivity index (χ2n) is 10.5. The Morgan fingerprint density at radius 1 is 0.957 bits per heavy atom. The Morgan fingerprint density at radius 3 is 2.33 bits per heavy atom. The SMILES string of the molecule is CCOC(=O)Oc1cn(Cc2ccccc2OC)c2sc(-c3ccc(OC)cc3)c(CN(C)Cc3ccc([N+](=O)[O-])cc3)c2c1=O. The molecule has 0 radical (unpaired) electrons. The fourth-order valence-corrected chi connectivity index (χ4v) is 6.49. The lowest BCUT2D eigenvalue weighted by Crippen LogP contribution is -2.21. The monoisotopic (exact) mass is 643 g/mol. The van der Waals surface area contributed by atoms with Crippen LogP contribution in [-0.4, -0.2) is 48.4 Å². The van der Waals surface area contributed by atoms with E-state index in [1.165, 1.54) is 29.7 Å². The Kier molecular flexibility index (Phi) is 9.99. The predicted molar refractivity (Wildman–Crippen MR) is 176 cm³/mol. The van der Waals surface area contributed by atoms with Gasteiger partial charge < -0.3 is 23.5 Å². The molecule has 0 aliphatic heterocycles. The molecule has 0 saturated heterocycles. The van der Waals surface area contributed by atoms with Gasteiger partial charge in [-0.25, -0.2) is 4.79 Å². The van der Waals surface area contributed by atoms with Gasteiger partial charge in [0.2, 0.25) is 5.43 Å². The quantitative estimate of drug-likeness (QED) is 0.0814. The van der Waals surface area contributed by atoms with Crippen molar-refractivity contribution in [3.63, 3.8) is 0 Å². The largest absolute Gasteiger partial charge is 0.514 e. The Morgan fingerprint density at radius 2 is 1.67 bits per heavy atom. The molecule has 2 aromatic heterocycles.